The molecule has 3 heterocycles. The van der Waals surface area contributed by atoms with Gasteiger partial charge in [-0.25, -0.2) is 0 Å². The third-order valence-corrected chi connectivity index (χ3v) is 10.4. The smallest absolute Gasteiger partial charge is 0.388 e. The molecule has 2 aliphatic heterocycles. The Morgan fingerprint density at radius 2 is 1.76 bits per heavy atom. The van der Waals surface area contributed by atoms with E-state index in [1.54, 1.807) is 12.1 Å². The largest absolute Gasteiger partial charge is 0.416 e. The maximum absolute atomic E-state index is 13.3. The molecule has 2 aromatic rings. The van der Waals surface area contributed by atoms with E-state index in [1.165, 1.54) is 0 Å². The summed E-state index contributed by atoms with van der Waals surface area (Å²) in [6.45, 7) is 5.68. The van der Waals surface area contributed by atoms with Crippen molar-refractivity contribution in [1.82, 2.24) is 4.98 Å². The van der Waals surface area contributed by atoms with Crippen molar-refractivity contribution in [1.29, 1.82) is 0 Å². The Hall–Kier alpha value is -1.23. The highest BCUT2D eigenvalue weighted by atomic mass is 127. The monoisotopic (exact) mass is 627 g/mol. The lowest BCUT2D eigenvalue weighted by molar-refractivity contribution is -0.137. The van der Waals surface area contributed by atoms with Crippen LogP contribution in [-0.2, 0) is 27.7 Å². The van der Waals surface area contributed by atoms with Crippen LogP contribution in [0.25, 0.3) is 0 Å². The fourth-order valence-corrected chi connectivity index (χ4v) is 8.30. The molecule has 1 saturated heterocycles. The minimum Gasteiger partial charge on any atom is -0.388 e. The summed E-state index contributed by atoms with van der Waals surface area (Å²) in [5, 5.41) is 11.5. The number of fused-ring (bicyclic) bond motifs is 4. The summed E-state index contributed by atoms with van der Waals surface area (Å²) in [5.41, 5.74) is 4.37. The zero-order valence-corrected chi connectivity index (χ0v) is 23.4. The predicted octanol–water partition coefficient (Wildman–Crippen LogP) is 7.30. The average Bonchev–Trinajstić information content (AvgIpc) is 3.38. The number of pyridine rings is 1. The van der Waals surface area contributed by atoms with Crippen LogP contribution in [0, 0.1) is 5.41 Å². The van der Waals surface area contributed by atoms with Gasteiger partial charge in [0.2, 0.25) is 0 Å². The lowest BCUT2D eigenvalue weighted by atomic mass is 9.70. The van der Waals surface area contributed by atoms with E-state index in [0.29, 0.717) is 25.2 Å². The number of aliphatic hydroxyl groups is 1. The Labute approximate surface area is 229 Å². The third kappa shape index (κ3) is 4.34. The highest BCUT2D eigenvalue weighted by molar-refractivity contribution is 14.1. The topological polar surface area (TPSA) is 51.6 Å². The van der Waals surface area contributed by atoms with Crippen LogP contribution in [0.4, 0.5) is 13.2 Å². The van der Waals surface area contributed by atoms with Gasteiger partial charge in [-0.05, 0) is 68.1 Å². The molecule has 2 unspecified atom stereocenters. The van der Waals surface area contributed by atoms with Crippen molar-refractivity contribution in [2.24, 2.45) is 5.41 Å². The number of ether oxygens (including phenoxy) is 2. The van der Waals surface area contributed by atoms with Gasteiger partial charge in [-0.2, -0.15) is 13.2 Å². The molecule has 0 amide bonds. The Morgan fingerprint density at radius 1 is 1.05 bits per heavy atom. The van der Waals surface area contributed by atoms with E-state index >= 15 is 0 Å². The molecule has 0 radical (unpaired) electrons. The number of halogens is 4. The van der Waals surface area contributed by atoms with Gasteiger partial charge in [-0.3, -0.25) is 4.98 Å². The lowest BCUT2D eigenvalue weighted by Gasteiger charge is -2.39. The maximum Gasteiger partial charge on any atom is 0.416 e. The third-order valence-electron chi connectivity index (χ3n) is 8.78. The van der Waals surface area contributed by atoms with E-state index in [9.17, 15) is 18.3 Å². The molecule has 8 heteroatoms. The number of alkyl halides is 4. The summed E-state index contributed by atoms with van der Waals surface area (Å²) in [4.78, 5) is 5.29. The summed E-state index contributed by atoms with van der Waals surface area (Å²) in [6.07, 6.45) is 0.457. The van der Waals surface area contributed by atoms with Crippen LogP contribution in [0.5, 0.6) is 0 Å². The first-order valence-electron chi connectivity index (χ1n) is 13.3. The Bertz CT molecular complexity index is 1190. The van der Waals surface area contributed by atoms with Crippen LogP contribution in [0.3, 0.4) is 0 Å². The molecule has 37 heavy (non-hydrogen) atoms. The summed E-state index contributed by atoms with van der Waals surface area (Å²) in [5.74, 6) is 0.194. The van der Waals surface area contributed by atoms with Gasteiger partial charge in [-0.15, -0.1) is 0 Å². The standard InChI is InChI=1S/C29H33F3INO3/c1-27(2)14-19-22(20(35)15-27)24-23(25(34-19)16-9-12-36-13-10-16)26(37-28(24)11-3-4-21(28)33)17-5-7-18(8-6-17)29(30,31)32/h5-8,16,20-21,26,35H,3-4,9-15H2,1-2H3/t20-,21?,26+,28?/m0/s1. The minimum absolute atomic E-state index is 0.0700. The van der Waals surface area contributed by atoms with Crippen molar-refractivity contribution in [2.45, 2.75) is 92.6 Å². The van der Waals surface area contributed by atoms with Crippen molar-refractivity contribution < 1.29 is 27.8 Å². The van der Waals surface area contributed by atoms with Gasteiger partial charge in [0.05, 0.1) is 17.4 Å². The number of benzene rings is 1. The average molecular weight is 627 g/mol. The molecular formula is C29H33F3INO3. The van der Waals surface area contributed by atoms with Crippen molar-refractivity contribution in [3.8, 4) is 0 Å². The Kier molecular flexibility index (Phi) is 6.45. The highest BCUT2D eigenvalue weighted by Crippen LogP contribution is 2.61. The SMILES string of the molecule is CC1(C)Cc2nc(C3CCOCC3)c3c(c2[C@@H](O)C1)C1(CCCC1I)O[C@@H]3c1ccc(C(F)(F)F)cc1. The van der Waals surface area contributed by atoms with Crippen molar-refractivity contribution in [3.05, 3.63) is 63.5 Å². The normalized spacial score (nSPS) is 31.5. The molecule has 1 spiro atoms. The fraction of sp³-hybridized carbons (Fsp3) is 0.621. The van der Waals surface area contributed by atoms with Gasteiger partial charge in [0, 0.05) is 45.4 Å². The molecule has 1 aromatic carbocycles. The number of aromatic nitrogens is 1. The van der Waals surface area contributed by atoms with Crippen LogP contribution in [-0.4, -0.2) is 27.2 Å². The van der Waals surface area contributed by atoms with E-state index in [0.717, 1.165) is 78.7 Å². The second-order valence-electron chi connectivity index (χ2n) is 12.0. The molecule has 1 N–H and O–H groups in total. The van der Waals surface area contributed by atoms with E-state index in [2.05, 4.69) is 36.4 Å². The van der Waals surface area contributed by atoms with Gasteiger partial charge in [-0.1, -0.05) is 48.6 Å². The highest BCUT2D eigenvalue weighted by Gasteiger charge is 2.56. The first-order valence-corrected chi connectivity index (χ1v) is 14.6. The Morgan fingerprint density at radius 3 is 2.38 bits per heavy atom. The molecule has 1 saturated carbocycles. The summed E-state index contributed by atoms with van der Waals surface area (Å²) in [6, 6.07) is 5.41. The van der Waals surface area contributed by atoms with Crippen LogP contribution < -0.4 is 0 Å². The zero-order valence-electron chi connectivity index (χ0n) is 21.2. The Balaban J connectivity index is 1.59. The minimum atomic E-state index is -4.39. The second kappa shape index (κ2) is 9.17. The molecule has 4 nitrogen and oxygen atoms in total. The number of aliphatic hydroxyl groups excluding tert-OH is 1. The van der Waals surface area contributed by atoms with Gasteiger partial charge in [0.15, 0.2) is 0 Å². The van der Waals surface area contributed by atoms with E-state index in [1.807, 2.05) is 0 Å². The predicted molar refractivity (Wildman–Crippen MR) is 142 cm³/mol. The van der Waals surface area contributed by atoms with Crippen LogP contribution in [0.2, 0.25) is 0 Å². The number of nitrogens with zero attached hydrogens (tertiary/aromatic N) is 1. The lowest BCUT2D eigenvalue weighted by Crippen LogP contribution is -2.36. The fourth-order valence-electron chi connectivity index (χ4n) is 7.09. The van der Waals surface area contributed by atoms with Gasteiger partial charge in [0.25, 0.3) is 0 Å². The van der Waals surface area contributed by atoms with E-state index in [4.69, 9.17) is 14.5 Å². The van der Waals surface area contributed by atoms with Crippen LogP contribution in [0.15, 0.2) is 24.3 Å². The van der Waals surface area contributed by atoms with Gasteiger partial charge >= 0.3 is 6.18 Å². The van der Waals surface area contributed by atoms with Gasteiger partial charge < -0.3 is 14.6 Å². The first-order chi connectivity index (χ1) is 17.5. The number of hydrogen-bond donors (Lipinski definition) is 1. The number of hydrogen-bond acceptors (Lipinski definition) is 4. The van der Waals surface area contributed by atoms with Crippen LogP contribution in [0.1, 0.15) is 110 Å². The molecule has 2 fully saturated rings. The summed E-state index contributed by atoms with van der Waals surface area (Å²) < 4.78 is 52.9. The van der Waals surface area contributed by atoms with Crippen molar-refractivity contribution in [3.63, 3.8) is 0 Å². The molecule has 6 rings (SSSR count). The number of rotatable bonds is 2. The summed E-state index contributed by atoms with van der Waals surface area (Å²) >= 11 is 2.49. The van der Waals surface area contributed by atoms with Crippen LogP contribution >= 0.6 is 22.6 Å². The molecule has 2 aliphatic carbocycles. The molecule has 0 bridgehead atoms. The zero-order chi connectivity index (χ0) is 26.2. The molecular weight excluding hydrogens is 594 g/mol. The van der Waals surface area contributed by atoms with Crippen molar-refractivity contribution in [2.75, 3.05) is 13.2 Å². The summed E-state index contributed by atoms with van der Waals surface area (Å²) in [7, 11) is 0. The quantitative estimate of drug-likeness (QED) is 0.281. The van der Waals surface area contributed by atoms with E-state index < -0.39 is 29.5 Å². The molecule has 1 aromatic heterocycles. The molecule has 4 atom stereocenters. The maximum atomic E-state index is 13.3. The first kappa shape index (κ1) is 26.0. The molecule has 200 valence electrons. The molecule has 4 aliphatic rings. The van der Waals surface area contributed by atoms with E-state index in [-0.39, 0.29) is 15.3 Å². The van der Waals surface area contributed by atoms with Crippen molar-refractivity contribution >= 4 is 22.6 Å². The van der Waals surface area contributed by atoms with Gasteiger partial charge in [0.1, 0.15) is 11.7 Å². The second-order valence-corrected chi connectivity index (χ2v) is 13.5.